The van der Waals surface area contributed by atoms with E-state index in [1.807, 2.05) is 38.2 Å². The molecule has 0 saturated carbocycles. The Bertz CT molecular complexity index is 939. The smallest absolute Gasteiger partial charge is 0.481 e. The van der Waals surface area contributed by atoms with E-state index in [-0.39, 0.29) is 18.6 Å². The molecule has 1 N–H and O–H groups in total. The molecule has 1 aromatic heterocycles. The van der Waals surface area contributed by atoms with Crippen molar-refractivity contribution < 1.29 is 28.7 Å². The molecule has 2 fully saturated rings. The molecule has 166 valence electrons. The van der Waals surface area contributed by atoms with Gasteiger partial charge in [0.15, 0.2) is 0 Å². The Hall–Kier alpha value is -2.20. The Labute approximate surface area is 182 Å². The molecule has 8 nitrogen and oxygen atoms in total. The minimum atomic E-state index is -0.840. The van der Waals surface area contributed by atoms with Crippen LogP contribution in [-0.4, -0.2) is 67.2 Å². The molecule has 3 aliphatic rings. The first-order valence-corrected chi connectivity index (χ1v) is 10.7. The van der Waals surface area contributed by atoms with Crippen molar-refractivity contribution >= 4 is 24.5 Å². The number of carboxylic acids is 1. The van der Waals surface area contributed by atoms with E-state index in [1.54, 1.807) is 0 Å². The molecule has 0 bridgehead atoms. The van der Waals surface area contributed by atoms with Gasteiger partial charge in [0.2, 0.25) is 0 Å². The van der Waals surface area contributed by atoms with E-state index in [0.717, 1.165) is 39.5 Å². The van der Waals surface area contributed by atoms with Gasteiger partial charge in [0.05, 0.1) is 44.3 Å². The quantitative estimate of drug-likeness (QED) is 0.609. The summed E-state index contributed by atoms with van der Waals surface area (Å²) in [5, 5.41) is 9.38. The third-order valence-corrected chi connectivity index (χ3v) is 5.71. The highest BCUT2D eigenvalue weighted by Crippen LogP contribution is 2.35. The molecule has 4 heterocycles. The highest BCUT2D eigenvalue weighted by molar-refractivity contribution is 6.43. The molecule has 0 aliphatic carbocycles. The van der Waals surface area contributed by atoms with Crippen LogP contribution in [0, 0.1) is 13.8 Å². The molecule has 0 amide bonds. The van der Waals surface area contributed by atoms with Gasteiger partial charge in [-0.3, -0.25) is 9.79 Å². The zero-order chi connectivity index (χ0) is 22.1. The van der Waals surface area contributed by atoms with Crippen LogP contribution >= 0.6 is 0 Å². The van der Waals surface area contributed by atoms with Crippen LogP contribution in [0.5, 0.6) is 0 Å². The van der Waals surface area contributed by atoms with Crippen molar-refractivity contribution in [2.45, 2.75) is 52.7 Å². The topological polar surface area (TPSA) is 91.5 Å². The van der Waals surface area contributed by atoms with E-state index in [4.69, 9.17) is 23.8 Å². The first-order chi connectivity index (χ1) is 14.8. The van der Waals surface area contributed by atoms with Gasteiger partial charge in [-0.25, -0.2) is 0 Å². The van der Waals surface area contributed by atoms with Crippen LogP contribution in [0.3, 0.4) is 0 Å². The largest absolute Gasteiger partial charge is 0.598 e. The van der Waals surface area contributed by atoms with Gasteiger partial charge in [-0.1, -0.05) is 0 Å². The number of nitrogens with zero attached hydrogens (tertiary/aromatic N) is 2. The second-order valence-corrected chi connectivity index (χ2v) is 8.39. The number of allylic oxidation sites excluding steroid dienone is 3. The molecular formula is C22H29BN2O6. The fraction of sp³-hybridized carbons (Fsp3) is 0.545. The number of hydrogen-bond donors (Lipinski definition) is 1. The lowest BCUT2D eigenvalue weighted by Gasteiger charge is -2.34. The lowest BCUT2D eigenvalue weighted by Crippen LogP contribution is -2.50. The van der Waals surface area contributed by atoms with Crippen LogP contribution < -0.4 is 0 Å². The molecular weight excluding hydrogens is 399 g/mol. The van der Waals surface area contributed by atoms with Gasteiger partial charge in [-0.15, -0.1) is 0 Å². The van der Waals surface area contributed by atoms with Crippen molar-refractivity contribution in [3.8, 4) is 0 Å². The number of ether oxygens (including phenoxy) is 2. The number of aliphatic imine (C=N–C) groups is 1. The number of aryl methyl sites for hydroxylation is 2. The molecule has 31 heavy (non-hydrogen) atoms. The summed E-state index contributed by atoms with van der Waals surface area (Å²) >= 11 is 0. The second-order valence-electron chi connectivity index (χ2n) is 8.39. The molecule has 0 atom stereocenters. The van der Waals surface area contributed by atoms with Crippen LogP contribution in [0.25, 0.3) is 5.57 Å². The molecule has 1 aromatic rings. The molecule has 2 saturated heterocycles. The third kappa shape index (κ3) is 4.69. The van der Waals surface area contributed by atoms with Gasteiger partial charge in [0.1, 0.15) is 0 Å². The summed E-state index contributed by atoms with van der Waals surface area (Å²) in [6, 6.07) is 2.08. The van der Waals surface area contributed by atoms with Gasteiger partial charge in [0.25, 0.3) is 0 Å². The molecule has 0 spiro atoms. The SMILES string of the molecule is CC1=CC(C)=N/C1=C(/CCC(=O)O)c1c(C)cc(C)n1B(OC1COC1)OC1COC1. The minimum Gasteiger partial charge on any atom is -0.481 e. The van der Waals surface area contributed by atoms with Gasteiger partial charge in [-0.05, 0) is 57.4 Å². The highest BCUT2D eigenvalue weighted by atomic mass is 16.7. The van der Waals surface area contributed by atoms with E-state index in [0.29, 0.717) is 32.8 Å². The van der Waals surface area contributed by atoms with Crippen molar-refractivity contribution in [3.05, 3.63) is 40.4 Å². The summed E-state index contributed by atoms with van der Waals surface area (Å²) in [5.74, 6) is -0.840. The Balaban J connectivity index is 1.79. The van der Waals surface area contributed by atoms with Crippen molar-refractivity contribution in [2.75, 3.05) is 26.4 Å². The normalized spacial score (nSPS) is 20.8. The van der Waals surface area contributed by atoms with Crippen LogP contribution in [0.1, 0.15) is 43.6 Å². The van der Waals surface area contributed by atoms with Crippen molar-refractivity contribution in [3.63, 3.8) is 0 Å². The van der Waals surface area contributed by atoms with Gasteiger partial charge >= 0.3 is 13.2 Å². The predicted octanol–water partition coefficient (Wildman–Crippen LogP) is 2.77. The van der Waals surface area contributed by atoms with E-state index in [2.05, 4.69) is 6.07 Å². The van der Waals surface area contributed by atoms with Crippen LogP contribution in [-0.2, 0) is 23.6 Å². The lowest BCUT2D eigenvalue weighted by molar-refractivity contribution is -0.136. The van der Waals surface area contributed by atoms with E-state index >= 15 is 0 Å². The van der Waals surface area contributed by atoms with Crippen molar-refractivity contribution in [1.29, 1.82) is 0 Å². The van der Waals surface area contributed by atoms with E-state index in [9.17, 15) is 9.90 Å². The van der Waals surface area contributed by atoms with Crippen LogP contribution in [0.2, 0.25) is 0 Å². The summed E-state index contributed by atoms with van der Waals surface area (Å²) < 4.78 is 25.2. The highest BCUT2D eigenvalue weighted by Gasteiger charge is 2.38. The van der Waals surface area contributed by atoms with Gasteiger partial charge in [-0.2, -0.15) is 0 Å². The average Bonchev–Trinajstić information content (AvgIpc) is 3.10. The Morgan fingerprint density at radius 1 is 1.13 bits per heavy atom. The number of hydrogen-bond acceptors (Lipinski definition) is 6. The molecule has 0 radical (unpaired) electrons. The molecule has 9 heteroatoms. The maximum Gasteiger partial charge on any atom is 0.598 e. The molecule has 4 rings (SSSR count). The number of aromatic nitrogens is 1. The van der Waals surface area contributed by atoms with Crippen LogP contribution in [0.15, 0.2) is 28.4 Å². The van der Waals surface area contributed by atoms with E-state index in [1.165, 1.54) is 0 Å². The van der Waals surface area contributed by atoms with Gasteiger partial charge < -0.3 is 28.4 Å². The Morgan fingerprint density at radius 2 is 1.74 bits per heavy atom. The standard InChI is InChI=1S/C22H29BN2O6/c1-13-7-15(3)24-21(13)19(5-6-20(26)27)22-14(2)8-16(4)25(22)23(30-17-9-28-10-17)31-18-11-29-12-18/h7-8,17-18H,5-6,9-12H2,1-4H3,(H,26,27)/b21-19-. The summed E-state index contributed by atoms with van der Waals surface area (Å²) in [6.07, 6.45) is 2.33. The van der Waals surface area contributed by atoms with Gasteiger partial charge in [0, 0.05) is 29.1 Å². The lowest BCUT2D eigenvalue weighted by atomic mass is 9.95. The first-order valence-electron chi connectivity index (χ1n) is 10.7. The molecule has 3 aliphatic heterocycles. The van der Waals surface area contributed by atoms with Crippen molar-refractivity contribution in [2.24, 2.45) is 4.99 Å². The molecule has 0 aromatic carbocycles. The first kappa shape index (κ1) is 22.0. The maximum atomic E-state index is 11.4. The third-order valence-electron chi connectivity index (χ3n) is 5.71. The Morgan fingerprint density at radius 3 is 2.19 bits per heavy atom. The number of aliphatic carboxylic acids is 1. The fourth-order valence-electron chi connectivity index (χ4n) is 4.11. The number of rotatable bonds is 9. The zero-order valence-electron chi connectivity index (χ0n) is 18.5. The second kappa shape index (κ2) is 9.12. The summed E-state index contributed by atoms with van der Waals surface area (Å²) in [4.78, 5) is 16.2. The zero-order valence-corrected chi connectivity index (χ0v) is 18.5. The van der Waals surface area contributed by atoms with Crippen LogP contribution in [0.4, 0.5) is 0 Å². The number of carbonyl (C=O) groups is 1. The van der Waals surface area contributed by atoms with E-state index < -0.39 is 13.2 Å². The maximum absolute atomic E-state index is 11.4. The summed E-state index contributed by atoms with van der Waals surface area (Å²) in [7, 11) is -0.650. The summed E-state index contributed by atoms with van der Waals surface area (Å²) in [6.45, 7) is 10.1. The monoisotopic (exact) mass is 428 g/mol. The number of carboxylic acid groups (broad SMARTS) is 1. The average molecular weight is 428 g/mol. The fourth-order valence-corrected chi connectivity index (χ4v) is 4.11. The Kier molecular flexibility index (Phi) is 6.48. The minimum absolute atomic E-state index is 0.0175. The predicted molar refractivity (Wildman–Crippen MR) is 117 cm³/mol. The molecule has 0 unspecified atom stereocenters. The summed E-state index contributed by atoms with van der Waals surface area (Å²) in [5.41, 5.74) is 6.59. The van der Waals surface area contributed by atoms with Crippen molar-refractivity contribution in [1.82, 2.24) is 4.48 Å².